The van der Waals surface area contributed by atoms with Gasteiger partial charge in [0.25, 0.3) is 5.69 Å². The molecule has 2 aromatic carbocycles. The number of nitro benzene ring substituents is 1. The largest absolute Gasteiger partial charge is 0.383 e. The van der Waals surface area contributed by atoms with Crippen LogP contribution in [0.3, 0.4) is 0 Å². The summed E-state index contributed by atoms with van der Waals surface area (Å²) in [4.78, 5) is 25.9. The van der Waals surface area contributed by atoms with E-state index in [1.807, 2.05) is 4.90 Å². The number of nitrogens with one attached hydrogen (secondary N) is 1. The summed E-state index contributed by atoms with van der Waals surface area (Å²) in [7, 11) is -2.53. The van der Waals surface area contributed by atoms with Crippen molar-refractivity contribution in [3.05, 3.63) is 57.9 Å². The Morgan fingerprint density at radius 2 is 1.74 bits per heavy atom. The zero-order valence-electron chi connectivity index (χ0n) is 19.2. The number of halogens is 1. The molecule has 1 fully saturated rings. The molecule has 184 valence electrons. The molecular formula is C22H27FN4O6S. The highest BCUT2D eigenvalue weighted by Crippen LogP contribution is 2.32. The third kappa shape index (κ3) is 5.69. The number of hydrogen-bond acceptors (Lipinski definition) is 8. The summed E-state index contributed by atoms with van der Waals surface area (Å²) in [5.74, 6) is -0.728. The van der Waals surface area contributed by atoms with E-state index < -0.39 is 26.8 Å². The highest BCUT2D eigenvalue weighted by molar-refractivity contribution is 7.89. The van der Waals surface area contributed by atoms with Gasteiger partial charge in [0.15, 0.2) is 5.78 Å². The molecule has 0 aromatic heterocycles. The minimum Gasteiger partial charge on any atom is -0.383 e. The summed E-state index contributed by atoms with van der Waals surface area (Å²) in [6, 6.07) is 7.62. The quantitative estimate of drug-likeness (QED) is 0.321. The summed E-state index contributed by atoms with van der Waals surface area (Å²) in [5, 5.41) is 11.7. The first-order valence-electron chi connectivity index (χ1n) is 10.6. The zero-order valence-corrected chi connectivity index (χ0v) is 20.0. The first-order chi connectivity index (χ1) is 16.0. The molecule has 1 heterocycles. The molecule has 1 N–H and O–H groups in total. The van der Waals surface area contributed by atoms with Crippen LogP contribution >= 0.6 is 0 Å². The van der Waals surface area contributed by atoms with E-state index in [9.17, 15) is 27.7 Å². The first-order valence-corrected chi connectivity index (χ1v) is 12.1. The number of nitro groups is 1. The van der Waals surface area contributed by atoms with Crippen LogP contribution in [0.25, 0.3) is 0 Å². The van der Waals surface area contributed by atoms with Crippen LogP contribution < -0.4 is 14.5 Å². The van der Waals surface area contributed by atoms with Gasteiger partial charge in [0, 0.05) is 51.0 Å². The van der Waals surface area contributed by atoms with Crippen molar-refractivity contribution in [2.45, 2.75) is 24.8 Å². The molecule has 0 aliphatic carbocycles. The predicted molar refractivity (Wildman–Crippen MR) is 126 cm³/mol. The van der Waals surface area contributed by atoms with Gasteiger partial charge in [-0.3, -0.25) is 14.9 Å². The van der Waals surface area contributed by atoms with Crippen molar-refractivity contribution in [3.63, 3.8) is 0 Å². The molecule has 0 amide bonds. The standard InChI is InChI=1S/C22H27FN4O6S/c1-15(14-33-3)24-34(31,32)18-5-7-21(22(13-18)27(29)30)26-10-8-25(9-11-26)20-6-4-17(16(2)28)12-19(20)23/h4-7,12-13,15,24H,8-11,14H2,1-3H3/t15-/m1/s1. The summed E-state index contributed by atoms with van der Waals surface area (Å²) >= 11 is 0. The number of rotatable bonds is 9. The maximum atomic E-state index is 14.5. The van der Waals surface area contributed by atoms with Crippen LogP contribution in [-0.2, 0) is 14.8 Å². The minimum absolute atomic E-state index is 0.155. The Hall–Kier alpha value is -3.09. The van der Waals surface area contributed by atoms with Gasteiger partial charge in [0.05, 0.1) is 22.1 Å². The van der Waals surface area contributed by atoms with Crippen molar-refractivity contribution in [3.8, 4) is 0 Å². The smallest absolute Gasteiger partial charge is 0.293 e. The van der Waals surface area contributed by atoms with Gasteiger partial charge >= 0.3 is 0 Å². The van der Waals surface area contributed by atoms with Crippen LogP contribution in [0.15, 0.2) is 41.3 Å². The lowest BCUT2D eigenvalue weighted by molar-refractivity contribution is -0.384. The van der Waals surface area contributed by atoms with Crippen molar-refractivity contribution < 1.29 is 27.3 Å². The van der Waals surface area contributed by atoms with E-state index in [1.54, 1.807) is 24.0 Å². The Labute approximate surface area is 197 Å². The van der Waals surface area contributed by atoms with Gasteiger partial charge in [0.2, 0.25) is 10.0 Å². The monoisotopic (exact) mass is 494 g/mol. The van der Waals surface area contributed by atoms with E-state index in [-0.39, 0.29) is 28.5 Å². The van der Waals surface area contributed by atoms with Gasteiger partial charge in [-0.2, -0.15) is 0 Å². The summed E-state index contributed by atoms with van der Waals surface area (Å²) in [5.41, 5.74) is 0.613. The van der Waals surface area contributed by atoms with Gasteiger partial charge in [-0.15, -0.1) is 0 Å². The SMILES string of the molecule is COC[C@@H](C)NS(=O)(=O)c1ccc(N2CCN(c3ccc(C(C)=O)cc3F)CC2)c([N+](=O)[O-])c1. The topological polar surface area (TPSA) is 122 Å². The molecule has 3 rings (SSSR count). The molecule has 2 aromatic rings. The predicted octanol–water partition coefficient (Wildman–Crippen LogP) is 2.58. The molecule has 0 bridgehead atoms. The second-order valence-electron chi connectivity index (χ2n) is 8.08. The number of sulfonamides is 1. The number of ketones is 1. The highest BCUT2D eigenvalue weighted by atomic mass is 32.2. The van der Waals surface area contributed by atoms with Gasteiger partial charge in [0.1, 0.15) is 11.5 Å². The van der Waals surface area contributed by atoms with Gasteiger partial charge < -0.3 is 14.5 Å². The highest BCUT2D eigenvalue weighted by Gasteiger charge is 2.28. The molecule has 0 radical (unpaired) electrons. The summed E-state index contributed by atoms with van der Waals surface area (Å²) in [6.45, 7) is 4.66. The third-order valence-electron chi connectivity index (χ3n) is 5.54. The second kappa shape index (κ2) is 10.5. The fourth-order valence-electron chi connectivity index (χ4n) is 3.87. The number of methoxy groups -OCH3 is 1. The number of anilines is 2. The molecule has 0 spiro atoms. The Morgan fingerprint density at radius 1 is 1.15 bits per heavy atom. The van der Waals surface area contributed by atoms with E-state index in [2.05, 4.69) is 4.72 Å². The lowest BCUT2D eigenvalue weighted by atomic mass is 10.1. The minimum atomic E-state index is -3.97. The Balaban J connectivity index is 1.78. The van der Waals surface area contributed by atoms with Crippen molar-refractivity contribution in [1.82, 2.24) is 4.72 Å². The third-order valence-corrected chi connectivity index (χ3v) is 7.13. The number of ether oxygens (including phenoxy) is 1. The van der Waals surface area contributed by atoms with Gasteiger partial charge in [-0.05, 0) is 44.2 Å². The number of benzene rings is 2. The van der Waals surface area contributed by atoms with Gasteiger partial charge in [-0.1, -0.05) is 0 Å². The van der Waals surface area contributed by atoms with Crippen molar-refractivity contribution in [2.75, 3.05) is 49.7 Å². The zero-order chi connectivity index (χ0) is 25.0. The van der Waals surface area contributed by atoms with E-state index in [1.165, 1.54) is 32.2 Å². The molecular weight excluding hydrogens is 467 g/mol. The van der Waals surface area contributed by atoms with E-state index in [0.29, 0.717) is 37.6 Å². The number of nitrogens with zero attached hydrogens (tertiary/aromatic N) is 3. The van der Waals surface area contributed by atoms with Crippen molar-refractivity contribution in [1.29, 1.82) is 0 Å². The average Bonchev–Trinajstić information content (AvgIpc) is 2.78. The Kier molecular flexibility index (Phi) is 7.85. The molecule has 1 atom stereocenters. The Morgan fingerprint density at radius 3 is 2.26 bits per heavy atom. The molecule has 10 nitrogen and oxygen atoms in total. The number of Topliss-reactive ketones (excluding diaryl/α,β-unsaturated/α-hetero) is 1. The Bertz CT molecular complexity index is 1180. The van der Waals surface area contributed by atoms with Crippen LogP contribution in [0.1, 0.15) is 24.2 Å². The normalized spacial score (nSPS) is 15.3. The van der Waals surface area contributed by atoms with E-state index in [0.717, 1.165) is 6.07 Å². The van der Waals surface area contributed by atoms with Crippen molar-refractivity contribution in [2.24, 2.45) is 0 Å². The lowest BCUT2D eigenvalue weighted by Crippen LogP contribution is -2.47. The average molecular weight is 495 g/mol. The van der Waals surface area contributed by atoms with Crippen molar-refractivity contribution >= 4 is 32.9 Å². The molecule has 1 aliphatic rings. The molecule has 1 saturated heterocycles. The number of hydrogen-bond donors (Lipinski definition) is 1. The van der Waals surface area contributed by atoms with Gasteiger partial charge in [-0.25, -0.2) is 17.5 Å². The molecule has 34 heavy (non-hydrogen) atoms. The fourth-order valence-corrected chi connectivity index (χ4v) is 5.12. The van der Waals surface area contributed by atoms with E-state index >= 15 is 0 Å². The lowest BCUT2D eigenvalue weighted by Gasteiger charge is -2.37. The van der Waals surface area contributed by atoms with Crippen LogP contribution in [0.5, 0.6) is 0 Å². The molecule has 12 heteroatoms. The summed E-state index contributed by atoms with van der Waals surface area (Å²) < 4.78 is 47.1. The van der Waals surface area contributed by atoms with Crippen LogP contribution in [-0.4, -0.2) is 65.1 Å². The number of piperazine rings is 1. The van der Waals surface area contributed by atoms with Crippen LogP contribution in [0.4, 0.5) is 21.5 Å². The summed E-state index contributed by atoms with van der Waals surface area (Å²) in [6.07, 6.45) is 0. The van der Waals surface area contributed by atoms with Crippen LogP contribution in [0, 0.1) is 15.9 Å². The molecule has 0 unspecified atom stereocenters. The van der Waals surface area contributed by atoms with Crippen LogP contribution in [0.2, 0.25) is 0 Å². The molecule has 0 saturated carbocycles. The number of carbonyl (C=O) groups excluding carboxylic acids is 1. The second-order valence-corrected chi connectivity index (χ2v) is 9.80. The maximum absolute atomic E-state index is 14.5. The maximum Gasteiger partial charge on any atom is 0.293 e. The molecule has 1 aliphatic heterocycles. The van der Waals surface area contributed by atoms with E-state index in [4.69, 9.17) is 4.74 Å². The fraction of sp³-hybridized carbons (Fsp3) is 0.409. The first kappa shape index (κ1) is 25.5. The number of carbonyl (C=O) groups is 1.